The van der Waals surface area contributed by atoms with Crippen LogP contribution in [0.3, 0.4) is 0 Å². The van der Waals surface area contributed by atoms with Crippen molar-refractivity contribution in [3.8, 4) is 0 Å². The summed E-state index contributed by atoms with van der Waals surface area (Å²) in [4.78, 5) is 15.0. The number of hydrogen-bond acceptors (Lipinski definition) is 8. The number of sulfonamides is 1. The minimum atomic E-state index is -3.91. The molecule has 0 aliphatic carbocycles. The summed E-state index contributed by atoms with van der Waals surface area (Å²) in [6.07, 6.45) is 0.659. The third kappa shape index (κ3) is 3.87. The summed E-state index contributed by atoms with van der Waals surface area (Å²) < 4.78 is 32.5. The van der Waals surface area contributed by atoms with E-state index in [0.29, 0.717) is 22.3 Å². The van der Waals surface area contributed by atoms with E-state index in [2.05, 4.69) is 15.2 Å². The van der Waals surface area contributed by atoms with Crippen LogP contribution in [0.15, 0.2) is 33.1 Å². The summed E-state index contributed by atoms with van der Waals surface area (Å²) in [5.74, 6) is 0.673. The minimum absolute atomic E-state index is 0.124. The average Bonchev–Trinajstić information content (AvgIpc) is 3.10. The maximum Gasteiger partial charge on any atom is 0.270 e. The number of aromatic amines is 1. The monoisotopic (exact) mass is 399 g/mol. The van der Waals surface area contributed by atoms with Gasteiger partial charge in [0, 0.05) is 36.5 Å². The molecule has 1 aliphatic heterocycles. The van der Waals surface area contributed by atoms with E-state index in [4.69, 9.17) is 4.74 Å². The number of non-ortho nitro benzene ring substituents is 1. The summed E-state index contributed by atoms with van der Waals surface area (Å²) in [6.45, 7) is 2.90. The third-order valence-corrected chi connectivity index (χ3v) is 6.78. The van der Waals surface area contributed by atoms with Crippen molar-refractivity contribution >= 4 is 27.5 Å². The molecule has 1 aromatic carbocycles. The molecule has 2 aromatic rings. The molecule has 0 amide bonds. The summed E-state index contributed by atoms with van der Waals surface area (Å²) in [5, 5.41) is 18.3. The van der Waals surface area contributed by atoms with Gasteiger partial charge in [0.25, 0.3) is 5.69 Å². The molecule has 1 saturated heterocycles. The summed E-state index contributed by atoms with van der Waals surface area (Å²) in [7, 11) is -3.91. The quantitative estimate of drug-likeness (QED) is 0.570. The average molecular weight is 399 g/mol. The first-order valence-electron chi connectivity index (χ1n) is 7.87. The number of nitro benzene ring substituents is 1. The molecular weight excluding hydrogens is 382 g/mol. The van der Waals surface area contributed by atoms with Crippen molar-refractivity contribution in [2.45, 2.75) is 28.3 Å². The van der Waals surface area contributed by atoms with E-state index in [-0.39, 0.29) is 36.9 Å². The van der Waals surface area contributed by atoms with Gasteiger partial charge in [0.1, 0.15) is 10.7 Å². The first kappa shape index (κ1) is 18.8. The normalized spacial score (nSPS) is 15.9. The van der Waals surface area contributed by atoms with Gasteiger partial charge < -0.3 is 4.74 Å². The molecule has 2 heterocycles. The van der Waals surface area contributed by atoms with Crippen molar-refractivity contribution in [2.75, 3.05) is 26.3 Å². The van der Waals surface area contributed by atoms with E-state index in [9.17, 15) is 18.5 Å². The van der Waals surface area contributed by atoms with Crippen molar-refractivity contribution in [2.24, 2.45) is 0 Å². The van der Waals surface area contributed by atoms with Gasteiger partial charge in [-0.1, -0.05) is 6.92 Å². The maximum atomic E-state index is 13.0. The molecule has 26 heavy (non-hydrogen) atoms. The van der Waals surface area contributed by atoms with Crippen LogP contribution in [0.2, 0.25) is 0 Å². The number of ether oxygens (including phenoxy) is 1. The number of rotatable bonds is 6. The van der Waals surface area contributed by atoms with E-state index >= 15 is 0 Å². The first-order chi connectivity index (χ1) is 12.4. The molecule has 1 aromatic heterocycles. The number of nitrogens with one attached hydrogen (secondary N) is 1. The zero-order chi connectivity index (χ0) is 18.7. The molecule has 0 unspecified atom stereocenters. The molecule has 0 saturated carbocycles. The zero-order valence-electron chi connectivity index (χ0n) is 13.9. The molecule has 140 valence electrons. The van der Waals surface area contributed by atoms with Gasteiger partial charge in [-0.05, 0) is 17.8 Å². The fourth-order valence-electron chi connectivity index (χ4n) is 2.40. The summed E-state index contributed by atoms with van der Waals surface area (Å²) >= 11 is 1.05. The highest BCUT2D eigenvalue weighted by Gasteiger charge is 2.31. The lowest BCUT2D eigenvalue weighted by atomic mass is 10.3. The largest absolute Gasteiger partial charge is 0.379 e. The number of H-pyrrole nitrogens is 1. The summed E-state index contributed by atoms with van der Waals surface area (Å²) in [6, 6.07) is 3.77. The number of morpholine rings is 1. The first-order valence-corrected chi connectivity index (χ1v) is 10.1. The molecule has 0 atom stereocenters. The van der Waals surface area contributed by atoms with Gasteiger partial charge in [0.15, 0.2) is 0 Å². The van der Waals surface area contributed by atoms with Crippen molar-refractivity contribution in [1.82, 2.24) is 19.5 Å². The highest BCUT2D eigenvalue weighted by Crippen LogP contribution is 2.35. The van der Waals surface area contributed by atoms with Crippen LogP contribution in [0, 0.1) is 10.1 Å². The van der Waals surface area contributed by atoms with Gasteiger partial charge in [0.2, 0.25) is 15.2 Å². The molecule has 1 aliphatic rings. The molecule has 0 bridgehead atoms. The van der Waals surface area contributed by atoms with Crippen LogP contribution >= 0.6 is 11.8 Å². The lowest BCUT2D eigenvalue weighted by Crippen LogP contribution is -2.40. The summed E-state index contributed by atoms with van der Waals surface area (Å²) in [5.41, 5.74) is -0.287. The smallest absolute Gasteiger partial charge is 0.270 e. The Kier molecular flexibility index (Phi) is 5.55. The minimum Gasteiger partial charge on any atom is -0.379 e. The molecule has 3 rings (SSSR count). The maximum absolute atomic E-state index is 13.0. The SMILES string of the molecule is CCc1nc(Sc2ccc([N+](=O)[O-])cc2S(=O)(=O)N2CCOCC2)n[nH]1. The molecule has 12 heteroatoms. The van der Waals surface area contributed by atoms with Gasteiger partial charge in [0.05, 0.1) is 18.1 Å². The van der Waals surface area contributed by atoms with Crippen molar-refractivity contribution in [3.63, 3.8) is 0 Å². The van der Waals surface area contributed by atoms with E-state index < -0.39 is 14.9 Å². The third-order valence-electron chi connectivity index (χ3n) is 3.77. The number of aryl methyl sites for hydroxylation is 1. The Bertz CT molecular complexity index is 908. The number of hydrogen-bond donors (Lipinski definition) is 1. The predicted octanol–water partition coefficient (Wildman–Crippen LogP) is 1.45. The Hall–Kier alpha value is -2.02. The molecule has 0 spiro atoms. The number of nitrogens with zero attached hydrogens (tertiary/aromatic N) is 4. The fourth-order valence-corrected chi connectivity index (χ4v) is 5.08. The highest BCUT2D eigenvalue weighted by atomic mass is 32.2. The van der Waals surface area contributed by atoms with Crippen LogP contribution < -0.4 is 0 Å². The van der Waals surface area contributed by atoms with E-state index in [1.807, 2.05) is 6.92 Å². The molecule has 1 N–H and O–H groups in total. The van der Waals surface area contributed by atoms with Crippen LogP contribution in [0.1, 0.15) is 12.7 Å². The van der Waals surface area contributed by atoms with Crippen molar-refractivity contribution < 1.29 is 18.1 Å². The predicted molar refractivity (Wildman–Crippen MR) is 92.6 cm³/mol. The zero-order valence-corrected chi connectivity index (χ0v) is 15.5. The molecular formula is C14H17N5O5S2. The molecule has 1 fully saturated rings. The Morgan fingerprint density at radius 3 is 2.73 bits per heavy atom. The molecule has 0 radical (unpaired) electrons. The Labute approximate surface area is 154 Å². The van der Waals surface area contributed by atoms with E-state index in [0.717, 1.165) is 17.8 Å². The van der Waals surface area contributed by atoms with E-state index in [1.165, 1.54) is 16.4 Å². The van der Waals surface area contributed by atoms with Crippen molar-refractivity contribution in [1.29, 1.82) is 0 Å². The van der Waals surface area contributed by atoms with Gasteiger partial charge in [-0.25, -0.2) is 13.4 Å². The van der Waals surface area contributed by atoms with Crippen LogP contribution in [-0.2, 0) is 21.2 Å². The molecule has 10 nitrogen and oxygen atoms in total. The van der Waals surface area contributed by atoms with Crippen LogP contribution in [0.4, 0.5) is 5.69 Å². The lowest BCUT2D eigenvalue weighted by Gasteiger charge is -2.26. The topological polar surface area (TPSA) is 131 Å². The van der Waals surface area contributed by atoms with Crippen LogP contribution in [0.25, 0.3) is 0 Å². The number of benzene rings is 1. The lowest BCUT2D eigenvalue weighted by molar-refractivity contribution is -0.385. The highest BCUT2D eigenvalue weighted by molar-refractivity contribution is 8.00. The number of aromatic nitrogens is 3. The van der Waals surface area contributed by atoms with Gasteiger partial charge >= 0.3 is 0 Å². The second-order valence-corrected chi connectivity index (χ2v) is 8.34. The Morgan fingerprint density at radius 1 is 1.38 bits per heavy atom. The second kappa shape index (κ2) is 7.70. The van der Waals surface area contributed by atoms with Gasteiger partial charge in [-0.2, -0.15) is 4.31 Å². The van der Waals surface area contributed by atoms with Crippen LogP contribution in [0.5, 0.6) is 0 Å². The van der Waals surface area contributed by atoms with Crippen molar-refractivity contribution in [3.05, 3.63) is 34.1 Å². The Balaban J connectivity index is 2.02. The van der Waals surface area contributed by atoms with Crippen LogP contribution in [-0.4, -0.2) is 59.1 Å². The second-order valence-electron chi connectivity index (χ2n) is 5.42. The van der Waals surface area contributed by atoms with Gasteiger partial charge in [-0.15, -0.1) is 5.10 Å². The fraction of sp³-hybridized carbons (Fsp3) is 0.429. The Morgan fingerprint density at radius 2 is 2.12 bits per heavy atom. The number of nitro groups is 1. The van der Waals surface area contributed by atoms with Gasteiger partial charge in [-0.3, -0.25) is 15.2 Å². The standard InChI is InChI=1S/C14H17N5O5S2/c1-2-13-15-14(17-16-13)25-11-4-3-10(19(20)21)9-12(11)26(22,23)18-5-7-24-8-6-18/h3-4,9H,2,5-8H2,1H3,(H,15,16,17). The van der Waals surface area contributed by atoms with E-state index in [1.54, 1.807) is 0 Å².